The van der Waals surface area contributed by atoms with Crippen molar-refractivity contribution in [3.63, 3.8) is 0 Å². The Kier molecular flexibility index (Phi) is 3.93. The third kappa shape index (κ3) is 2.93. The molecule has 0 radical (unpaired) electrons. The predicted molar refractivity (Wildman–Crippen MR) is 64.0 cm³/mol. The van der Waals surface area contributed by atoms with Gasteiger partial charge < -0.3 is 15.2 Å². The Balaban J connectivity index is 1.89. The summed E-state index contributed by atoms with van der Waals surface area (Å²) in [5.74, 6) is 0.108. The van der Waals surface area contributed by atoms with Crippen LogP contribution in [0.15, 0.2) is 0 Å². The zero-order valence-electron chi connectivity index (χ0n) is 9.61. The molecule has 0 spiro atoms. The molecule has 0 aromatic carbocycles. The minimum Gasteiger partial charge on any atom is -0.479 e. The van der Waals surface area contributed by atoms with Gasteiger partial charge in [0, 0.05) is 12.4 Å². The number of aliphatic carboxylic acids is 1. The molecule has 0 bridgehead atoms. The van der Waals surface area contributed by atoms with E-state index in [1.165, 1.54) is 0 Å². The van der Waals surface area contributed by atoms with Crippen molar-refractivity contribution in [3.05, 3.63) is 0 Å². The lowest BCUT2D eigenvalue weighted by Gasteiger charge is -2.25. The fourth-order valence-corrected chi connectivity index (χ4v) is 3.54. The fraction of sp³-hybridized carbons (Fsp3) is 0.818. The molecule has 2 N–H and O–H groups in total. The number of carbonyl (C=O) groups excluding carboxylic acids is 1. The summed E-state index contributed by atoms with van der Waals surface area (Å²) in [7, 11) is 0. The van der Waals surface area contributed by atoms with Crippen LogP contribution in [0.25, 0.3) is 0 Å². The van der Waals surface area contributed by atoms with Crippen LogP contribution >= 0.6 is 11.8 Å². The first kappa shape index (κ1) is 12.7. The Labute approximate surface area is 104 Å². The van der Waals surface area contributed by atoms with Crippen molar-refractivity contribution in [2.24, 2.45) is 0 Å². The minimum atomic E-state index is -1.06. The maximum Gasteiger partial charge on any atom is 0.330 e. The lowest BCUT2D eigenvalue weighted by molar-refractivity contribution is -0.146. The average molecular weight is 259 g/mol. The summed E-state index contributed by atoms with van der Waals surface area (Å²) >= 11 is 1.57. The fourth-order valence-electron chi connectivity index (χ4n) is 2.22. The highest BCUT2D eigenvalue weighted by Crippen LogP contribution is 2.28. The number of rotatable bonds is 4. The summed E-state index contributed by atoms with van der Waals surface area (Å²) in [5.41, 5.74) is -1.06. The molecule has 0 aliphatic carbocycles. The Morgan fingerprint density at radius 3 is 2.88 bits per heavy atom. The maximum absolute atomic E-state index is 11.8. The molecule has 0 saturated carbocycles. The minimum absolute atomic E-state index is 0.0325. The molecule has 1 amide bonds. The smallest absolute Gasteiger partial charge is 0.330 e. The monoisotopic (exact) mass is 259 g/mol. The van der Waals surface area contributed by atoms with Gasteiger partial charge >= 0.3 is 5.97 Å². The van der Waals surface area contributed by atoms with Crippen LogP contribution in [0.1, 0.15) is 25.7 Å². The first-order valence-corrected chi connectivity index (χ1v) is 7.02. The number of ether oxygens (including phenoxy) is 1. The highest BCUT2D eigenvalue weighted by atomic mass is 32.2. The third-order valence-corrected chi connectivity index (χ3v) is 4.44. The standard InChI is InChI=1S/C11H17NO4S/c13-9(6-8-2-1-4-16-8)12-11(10(14)15)3-5-17-7-11/h8H,1-7H2,(H,12,13)(H,14,15)/t8-,11-/m1/s1. The van der Waals surface area contributed by atoms with Gasteiger partial charge in [0.2, 0.25) is 5.91 Å². The lowest BCUT2D eigenvalue weighted by Crippen LogP contribution is -2.55. The summed E-state index contributed by atoms with van der Waals surface area (Å²) in [6.45, 7) is 0.706. The Morgan fingerprint density at radius 1 is 1.53 bits per heavy atom. The molecule has 2 heterocycles. The van der Waals surface area contributed by atoms with Gasteiger partial charge in [-0.1, -0.05) is 0 Å². The molecule has 2 saturated heterocycles. The van der Waals surface area contributed by atoms with Crippen molar-refractivity contribution in [3.8, 4) is 0 Å². The topological polar surface area (TPSA) is 75.6 Å². The van der Waals surface area contributed by atoms with Gasteiger partial charge in [-0.15, -0.1) is 0 Å². The van der Waals surface area contributed by atoms with E-state index in [1.807, 2.05) is 0 Å². The molecule has 96 valence electrons. The van der Waals surface area contributed by atoms with Crippen LogP contribution in [0.3, 0.4) is 0 Å². The molecule has 0 aromatic rings. The summed E-state index contributed by atoms with van der Waals surface area (Å²) in [6.07, 6.45) is 2.62. The molecule has 2 fully saturated rings. The summed E-state index contributed by atoms with van der Waals surface area (Å²) < 4.78 is 5.37. The quantitative estimate of drug-likeness (QED) is 0.774. The van der Waals surface area contributed by atoms with Crippen LogP contribution in [0.5, 0.6) is 0 Å². The van der Waals surface area contributed by atoms with Crippen LogP contribution in [-0.4, -0.2) is 46.7 Å². The van der Waals surface area contributed by atoms with E-state index in [1.54, 1.807) is 11.8 Å². The van der Waals surface area contributed by atoms with E-state index >= 15 is 0 Å². The molecule has 2 atom stereocenters. The van der Waals surface area contributed by atoms with Crippen LogP contribution in [-0.2, 0) is 14.3 Å². The Bertz CT molecular complexity index is 309. The van der Waals surface area contributed by atoms with Gasteiger partial charge in [0.1, 0.15) is 5.54 Å². The number of carbonyl (C=O) groups is 2. The van der Waals surface area contributed by atoms with Crippen LogP contribution in [0, 0.1) is 0 Å². The van der Waals surface area contributed by atoms with E-state index in [9.17, 15) is 14.7 Å². The van der Waals surface area contributed by atoms with E-state index < -0.39 is 11.5 Å². The molecule has 0 unspecified atom stereocenters. The Morgan fingerprint density at radius 2 is 2.35 bits per heavy atom. The van der Waals surface area contributed by atoms with E-state index in [4.69, 9.17) is 4.74 Å². The number of carboxylic acids is 1. The van der Waals surface area contributed by atoms with E-state index in [2.05, 4.69) is 5.32 Å². The van der Waals surface area contributed by atoms with E-state index in [0.29, 0.717) is 18.8 Å². The van der Waals surface area contributed by atoms with Crippen molar-refractivity contribution >= 4 is 23.6 Å². The normalized spacial score (nSPS) is 32.6. The predicted octanol–water partition coefficient (Wildman–Crippen LogP) is 0.632. The van der Waals surface area contributed by atoms with Crippen LogP contribution < -0.4 is 5.32 Å². The number of nitrogens with one attached hydrogen (secondary N) is 1. The first-order chi connectivity index (χ1) is 8.12. The number of carboxylic acid groups (broad SMARTS) is 1. The highest BCUT2D eigenvalue weighted by molar-refractivity contribution is 7.99. The van der Waals surface area contributed by atoms with Crippen molar-refractivity contribution in [1.29, 1.82) is 0 Å². The highest BCUT2D eigenvalue weighted by Gasteiger charge is 2.43. The zero-order chi connectivity index (χ0) is 12.3. The van der Waals surface area contributed by atoms with Crippen LogP contribution in [0.2, 0.25) is 0 Å². The second-order valence-electron chi connectivity index (χ2n) is 4.58. The van der Waals surface area contributed by atoms with Gasteiger partial charge in [0.15, 0.2) is 0 Å². The lowest BCUT2D eigenvalue weighted by atomic mass is 9.98. The third-order valence-electron chi connectivity index (χ3n) is 3.25. The molecular formula is C11H17NO4S. The summed E-state index contributed by atoms with van der Waals surface area (Å²) in [4.78, 5) is 23.0. The van der Waals surface area contributed by atoms with Crippen molar-refractivity contribution in [2.75, 3.05) is 18.1 Å². The molecule has 17 heavy (non-hydrogen) atoms. The number of hydrogen-bond acceptors (Lipinski definition) is 4. The Hall–Kier alpha value is -0.750. The first-order valence-electron chi connectivity index (χ1n) is 5.86. The van der Waals surface area contributed by atoms with E-state index in [-0.39, 0.29) is 18.4 Å². The van der Waals surface area contributed by atoms with Crippen LogP contribution in [0.4, 0.5) is 0 Å². The van der Waals surface area contributed by atoms with Gasteiger partial charge in [0.25, 0.3) is 0 Å². The van der Waals surface area contributed by atoms with Gasteiger partial charge in [0.05, 0.1) is 12.5 Å². The average Bonchev–Trinajstić information content (AvgIpc) is 2.89. The zero-order valence-corrected chi connectivity index (χ0v) is 10.4. The van der Waals surface area contributed by atoms with Gasteiger partial charge in [-0.3, -0.25) is 4.79 Å². The SMILES string of the molecule is O=C(C[C@H]1CCCO1)N[C@]1(C(=O)O)CCSC1. The second-order valence-corrected chi connectivity index (χ2v) is 5.68. The molecule has 5 nitrogen and oxygen atoms in total. The van der Waals surface area contributed by atoms with E-state index in [0.717, 1.165) is 18.6 Å². The molecule has 2 aliphatic heterocycles. The molecule has 0 aromatic heterocycles. The van der Waals surface area contributed by atoms with Gasteiger partial charge in [-0.25, -0.2) is 4.79 Å². The van der Waals surface area contributed by atoms with Crippen molar-refractivity contribution < 1.29 is 19.4 Å². The second kappa shape index (κ2) is 5.27. The van der Waals surface area contributed by atoms with Gasteiger partial charge in [-0.05, 0) is 25.0 Å². The van der Waals surface area contributed by atoms with Crippen molar-refractivity contribution in [2.45, 2.75) is 37.3 Å². The largest absolute Gasteiger partial charge is 0.479 e. The molecule has 2 aliphatic rings. The number of amides is 1. The molecular weight excluding hydrogens is 242 g/mol. The summed E-state index contributed by atoms with van der Waals surface area (Å²) in [5, 5.41) is 11.9. The summed E-state index contributed by atoms with van der Waals surface area (Å²) in [6, 6.07) is 0. The number of thioether (sulfide) groups is 1. The maximum atomic E-state index is 11.8. The van der Waals surface area contributed by atoms with Gasteiger partial charge in [-0.2, -0.15) is 11.8 Å². The molecule has 2 rings (SSSR count). The number of hydrogen-bond donors (Lipinski definition) is 2. The molecule has 6 heteroatoms. The van der Waals surface area contributed by atoms with Crippen molar-refractivity contribution in [1.82, 2.24) is 5.32 Å².